The van der Waals surface area contributed by atoms with Gasteiger partial charge in [-0.15, -0.1) is 11.8 Å². The van der Waals surface area contributed by atoms with Crippen molar-refractivity contribution >= 4 is 17.6 Å². The van der Waals surface area contributed by atoms with Gasteiger partial charge in [0.25, 0.3) is 0 Å². The van der Waals surface area contributed by atoms with Gasteiger partial charge in [-0.25, -0.2) is 4.98 Å². The summed E-state index contributed by atoms with van der Waals surface area (Å²) < 4.78 is 0. The molecule has 0 aliphatic rings. The molecule has 1 unspecified atom stereocenters. The molecule has 4 heteroatoms. The van der Waals surface area contributed by atoms with Crippen LogP contribution in [0.4, 0.5) is 5.82 Å². The van der Waals surface area contributed by atoms with E-state index in [0.29, 0.717) is 11.5 Å². The van der Waals surface area contributed by atoms with E-state index >= 15 is 0 Å². The van der Waals surface area contributed by atoms with Gasteiger partial charge in [0.1, 0.15) is 5.82 Å². The van der Waals surface area contributed by atoms with Crippen LogP contribution in [0.15, 0.2) is 53.4 Å². The van der Waals surface area contributed by atoms with Crippen LogP contribution in [0, 0.1) is 5.41 Å². The first-order chi connectivity index (χ1) is 14.5. The third kappa shape index (κ3) is 9.99. The van der Waals surface area contributed by atoms with E-state index in [1.54, 1.807) is 0 Å². The van der Waals surface area contributed by atoms with Gasteiger partial charge in [0.2, 0.25) is 0 Å². The Kier molecular flexibility index (Phi) is 11.3. The Balaban J connectivity index is 1.81. The van der Waals surface area contributed by atoms with E-state index in [-0.39, 0.29) is 0 Å². The number of anilines is 1. The molecule has 1 heterocycles. The highest BCUT2D eigenvalue weighted by atomic mass is 32.2. The molecule has 1 aromatic carbocycles. The largest absolute Gasteiger partial charge is 0.370 e. The third-order valence-corrected chi connectivity index (χ3v) is 6.42. The number of hydrogen-bond acceptors (Lipinski definition) is 4. The molecule has 0 saturated heterocycles. The summed E-state index contributed by atoms with van der Waals surface area (Å²) >= 11 is 1.92. The number of hydrogen-bond donors (Lipinski definition) is 2. The highest BCUT2D eigenvalue weighted by Crippen LogP contribution is 2.23. The van der Waals surface area contributed by atoms with Crippen molar-refractivity contribution in [2.24, 2.45) is 5.41 Å². The molecule has 0 bridgehead atoms. The number of rotatable bonds is 15. The maximum atomic E-state index is 4.90. The van der Waals surface area contributed by atoms with E-state index in [1.165, 1.54) is 42.7 Å². The van der Waals surface area contributed by atoms with Gasteiger partial charge in [0.05, 0.1) is 0 Å². The maximum Gasteiger partial charge on any atom is 0.126 e. The monoisotopic (exact) mass is 427 g/mol. The summed E-state index contributed by atoms with van der Waals surface area (Å²) in [4.78, 5) is 6.24. The third-order valence-electron chi connectivity index (χ3n) is 5.40. The summed E-state index contributed by atoms with van der Waals surface area (Å²) in [5.41, 5.74) is 1.48. The van der Waals surface area contributed by atoms with Crippen LogP contribution < -0.4 is 10.6 Å². The molecule has 3 nitrogen and oxygen atoms in total. The topological polar surface area (TPSA) is 37.0 Å². The molecule has 0 saturated carbocycles. The zero-order valence-corrected chi connectivity index (χ0v) is 20.2. The van der Waals surface area contributed by atoms with Crippen LogP contribution in [0.3, 0.4) is 0 Å². The maximum absolute atomic E-state index is 4.90. The number of benzene rings is 1. The second kappa shape index (κ2) is 13.7. The molecule has 0 spiro atoms. The van der Waals surface area contributed by atoms with E-state index in [9.17, 15) is 0 Å². The Morgan fingerprint density at radius 1 is 1.00 bits per heavy atom. The van der Waals surface area contributed by atoms with Crippen molar-refractivity contribution in [2.75, 3.05) is 24.2 Å². The minimum Gasteiger partial charge on any atom is -0.370 e. The smallest absolute Gasteiger partial charge is 0.126 e. The number of aromatic nitrogens is 1. The zero-order valence-electron chi connectivity index (χ0n) is 19.4. The molecule has 2 rings (SSSR count). The van der Waals surface area contributed by atoms with Crippen LogP contribution in [0.25, 0.3) is 0 Å². The molecule has 166 valence electrons. The molecular formula is C26H41N3S. The molecule has 2 N–H and O–H groups in total. The van der Waals surface area contributed by atoms with E-state index < -0.39 is 0 Å². The van der Waals surface area contributed by atoms with Gasteiger partial charge in [-0.2, -0.15) is 0 Å². The lowest BCUT2D eigenvalue weighted by molar-refractivity contribution is 0.345. The summed E-state index contributed by atoms with van der Waals surface area (Å²) in [5, 5.41) is 7.33. The fraction of sp³-hybridized carbons (Fsp3) is 0.577. The zero-order chi connectivity index (χ0) is 21.7. The van der Waals surface area contributed by atoms with Gasteiger partial charge >= 0.3 is 0 Å². The van der Waals surface area contributed by atoms with Gasteiger partial charge < -0.3 is 10.6 Å². The van der Waals surface area contributed by atoms with Gasteiger partial charge in [-0.3, -0.25) is 0 Å². The average Bonchev–Trinajstić information content (AvgIpc) is 2.75. The lowest BCUT2D eigenvalue weighted by Gasteiger charge is -2.25. The second-order valence-corrected chi connectivity index (χ2v) is 10.1. The number of nitrogens with zero attached hydrogens (tertiary/aromatic N) is 1. The van der Waals surface area contributed by atoms with Crippen molar-refractivity contribution in [2.45, 2.75) is 77.2 Å². The van der Waals surface area contributed by atoms with Crippen LogP contribution >= 0.6 is 11.8 Å². The van der Waals surface area contributed by atoms with Crippen molar-refractivity contribution in [3.63, 3.8) is 0 Å². The van der Waals surface area contributed by atoms with Crippen LogP contribution in [0.1, 0.15) is 65.5 Å². The Morgan fingerprint density at radius 3 is 2.53 bits per heavy atom. The Labute approximate surface area is 188 Å². The molecule has 1 atom stereocenters. The molecule has 0 aliphatic carbocycles. The fourth-order valence-electron chi connectivity index (χ4n) is 3.59. The predicted molar refractivity (Wildman–Crippen MR) is 134 cm³/mol. The van der Waals surface area contributed by atoms with Gasteiger partial charge in [0.15, 0.2) is 0 Å². The van der Waals surface area contributed by atoms with Crippen molar-refractivity contribution in [1.82, 2.24) is 10.3 Å². The highest BCUT2D eigenvalue weighted by Gasteiger charge is 2.17. The van der Waals surface area contributed by atoms with E-state index in [2.05, 4.69) is 86.9 Å². The first-order valence-corrected chi connectivity index (χ1v) is 12.6. The number of thioether (sulfide) groups is 1. The average molecular weight is 428 g/mol. The summed E-state index contributed by atoms with van der Waals surface area (Å²) in [6.45, 7) is 11.2. The van der Waals surface area contributed by atoms with Crippen molar-refractivity contribution in [3.05, 3.63) is 54.2 Å². The molecule has 2 aromatic rings. The Hall–Kier alpha value is -1.52. The summed E-state index contributed by atoms with van der Waals surface area (Å²) in [5.74, 6) is 2.10. The van der Waals surface area contributed by atoms with Gasteiger partial charge in [-0.1, -0.05) is 71.2 Å². The molecular weight excluding hydrogens is 386 g/mol. The van der Waals surface area contributed by atoms with Crippen LogP contribution in [0.5, 0.6) is 0 Å². The second-order valence-electron chi connectivity index (χ2n) is 8.94. The lowest BCUT2D eigenvalue weighted by atomic mass is 9.87. The Bertz CT molecular complexity index is 702. The van der Waals surface area contributed by atoms with Gasteiger partial charge in [0, 0.05) is 41.9 Å². The first kappa shape index (κ1) is 24.7. The summed E-state index contributed by atoms with van der Waals surface area (Å²) in [6, 6.07) is 17.5. The summed E-state index contributed by atoms with van der Waals surface area (Å²) in [7, 11) is 0. The fourth-order valence-corrected chi connectivity index (χ4v) is 4.40. The van der Waals surface area contributed by atoms with Crippen molar-refractivity contribution in [1.29, 1.82) is 0 Å². The van der Waals surface area contributed by atoms with Crippen LogP contribution in [-0.2, 0) is 6.42 Å². The summed E-state index contributed by atoms with van der Waals surface area (Å²) in [6.07, 6.45) is 7.15. The van der Waals surface area contributed by atoms with Crippen molar-refractivity contribution in [3.8, 4) is 0 Å². The van der Waals surface area contributed by atoms with Crippen LogP contribution in [-0.4, -0.2) is 29.9 Å². The van der Waals surface area contributed by atoms with Gasteiger partial charge in [-0.05, 0) is 42.5 Å². The number of pyridine rings is 1. The van der Waals surface area contributed by atoms with Crippen LogP contribution in [0.2, 0.25) is 0 Å². The highest BCUT2D eigenvalue weighted by molar-refractivity contribution is 7.99. The lowest BCUT2D eigenvalue weighted by Crippen LogP contribution is -2.33. The molecule has 1 aromatic heterocycles. The predicted octanol–water partition coefficient (Wildman–Crippen LogP) is 6.80. The molecule has 0 fully saturated rings. The van der Waals surface area contributed by atoms with E-state index in [0.717, 1.165) is 31.1 Å². The normalized spacial score (nSPS) is 12.7. The quantitative estimate of drug-likeness (QED) is 0.242. The standard InChI is InChI=1S/C26H41N3S/c1-5-7-17-26(3,4)21-28-25-16-11-13-23(29-25)20-22(12-6-2)27-18-19-30-24-14-9-8-10-15-24/h8-11,13-16,22,27H,5-7,12,17-21H2,1-4H3,(H,28,29). The SMILES string of the molecule is CCCCC(C)(C)CNc1cccc(CC(CCC)NCCSc2ccccc2)n1. The van der Waals surface area contributed by atoms with E-state index in [1.807, 2.05) is 11.8 Å². The minimum absolute atomic E-state index is 0.302. The van der Waals surface area contributed by atoms with Crippen molar-refractivity contribution < 1.29 is 0 Å². The Morgan fingerprint density at radius 2 is 1.80 bits per heavy atom. The number of unbranched alkanes of at least 4 members (excludes halogenated alkanes) is 1. The number of nitrogens with one attached hydrogen (secondary N) is 2. The molecule has 0 radical (unpaired) electrons. The molecule has 30 heavy (non-hydrogen) atoms. The molecule has 0 aliphatic heterocycles. The first-order valence-electron chi connectivity index (χ1n) is 11.6. The van der Waals surface area contributed by atoms with E-state index in [4.69, 9.17) is 4.98 Å². The minimum atomic E-state index is 0.302. The molecule has 0 amide bonds.